The van der Waals surface area contributed by atoms with E-state index in [2.05, 4.69) is 5.32 Å². The molecule has 1 amide bonds. The topological polar surface area (TPSA) is 101 Å². The Morgan fingerprint density at radius 1 is 1.29 bits per heavy atom. The molecule has 1 atom stereocenters. The molecule has 1 aliphatic heterocycles. The summed E-state index contributed by atoms with van der Waals surface area (Å²) < 4.78 is 49.5. The van der Waals surface area contributed by atoms with Crippen molar-refractivity contribution >= 4 is 25.8 Å². The lowest BCUT2D eigenvalue weighted by Gasteiger charge is -2.22. The molecule has 1 saturated heterocycles. The average molecular weight is 374 g/mol. The van der Waals surface area contributed by atoms with Crippen molar-refractivity contribution in [1.29, 1.82) is 0 Å². The van der Waals surface area contributed by atoms with Crippen LogP contribution in [-0.2, 0) is 31.1 Å². The number of carbonyl (C=O) groups excluding carboxylic acids is 1. The van der Waals surface area contributed by atoms with E-state index in [1.54, 1.807) is 12.1 Å². The molecule has 1 heterocycles. The SMILES string of the molecule is CC(=O)NCCc1ccc(S(=O)(=O)N(C)[C@H]2CCS(=O)(=O)C2)cc1. The van der Waals surface area contributed by atoms with E-state index >= 15 is 0 Å². The molecule has 1 N–H and O–H groups in total. The Bertz CT molecular complexity index is 801. The molecule has 2 rings (SSSR count). The fourth-order valence-corrected chi connectivity index (χ4v) is 5.89. The van der Waals surface area contributed by atoms with Crippen molar-refractivity contribution in [2.45, 2.75) is 30.7 Å². The Balaban J connectivity index is 2.07. The minimum Gasteiger partial charge on any atom is -0.356 e. The molecule has 0 unspecified atom stereocenters. The van der Waals surface area contributed by atoms with Crippen LogP contribution in [0.3, 0.4) is 0 Å². The maximum atomic E-state index is 12.6. The quantitative estimate of drug-likeness (QED) is 0.765. The number of nitrogens with one attached hydrogen (secondary N) is 1. The summed E-state index contributed by atoms with van der Waals surface area (Å²) in [7, 11) is -5.45. The highest BCUT2D eigenvalue weighted by molar-refractivity contribution is 7.92. The summed E-state index contributed by atoms with van der Waals surface area (Å²) in [5.74, 6) is -0.209. The van der Waals surface area contributed by atoms with Gasteiger partial charge in [-0.05, 0) is 30.5 Å². The van der Waals surface area contributed by atoms with Crippen LogP contribution < -0.4 is 5.32 Å². The smallest absolute Gasteiger partial charge is 0.243 e. The van der Waals surface area contributed by atoms with Gasteiger partial charge >= 0.3 is 0 Å². The zero-order valence-electron chi connectivity index (χ0n) is 13.7. The van der Waals surface area contributed by atoms with Gasteiger partial charge < -0.3 is 5.32 Å². The number of carbonyl (C=O) groups is 1. The molecular formula is C15H22N2O5S2. The minimum atomic E-state index is -3.72. The fourth-order valence-electron chi connectivity index (χ4n) is 2.64. The minimum absolute atomic E-state index is 0.0274. The highest BCUT2D eigenvalue weighted by Gasteiger charge is 2.36. The van der Waals surface area contributed by atoms with E-state index in [0.29, 0.717) is 19.4 Å². The van der Waals surface area contributed by atoms with Crippen molar-refractivity contribution in [2.75, 3.05) is 25.1 Å². The lowest BCUT2D eigenvalue weighted by atomic mass is 10.1. The fraction of sp³-hybridized carbons (Fsp3) is 0.533. The van der Waals surface area contributed by atoms with E-state index in [4.69, 9.17) is 0 Å². The molecule has 1 fully saturated rings. The number of sulfone groups is 1. The van der Waals surface area contributed by atoms with Crippen LogP contribution in [0.2, 0.25) is 0 Å². The maximum absolute atomic E-state index is 12.6. The number of sulfonamides is 1. The summed E-state index contributed by atoms with van der Waals surface area (Å²) in [5, 5.41) is 2.68. The Kier molecular flexibility index (Phi) is 5.67. The molecule has 0 aromatic heterocycles. The molecule has 0 radical (unpaired) electrons. The monoisotopic (exact) mass is 374 g/mol. The van der Waals surface area contributed by atoms with Gasteiger partial charge in [-0.15, -0.1) is 0 Å². The molecule has 1 aromatic carbocycles. The van der Waals surface area contributed by atoms with Gasteiger partial charge in [0.1, 0.15) is 0 Å². The van der Waals surface area contributed by atoms with Crippen LogP contribution >= 0.6 is 0 Å². The summed E-state index contributed by atoms with van der Waals surface area (Å²) >= 11 is 0. The van der Waals surface area contributed by atoms with Crippen molar-refractivity contribution in [3.8, 4) is 0 Å². The summed E-state index contributed by atoms with van der Waals surface area (Å²) in [6, 6.07) is 5.91. The summed E-state index contributed by atoms with van der Waals surface area (Å²) in [4.78, 5) is 11.0. The number of hydrogen-bond donors (Lipinski definition) is 1. The van der Waals surface area contributed by atoms with Crippen molar-refractivity contribution < 1.29 is 21.6 Å². The van der Waals surface area contributed by atoms with E-state index in [1.165, 1.54) is 26.1 Å². The van der Waals surface area contributed by atoms with Gasteiger partial charge in [0.05, 0.1) is 16.4 Å². The van der Waals surface area contributed by atoms with Gasteiger partial charge in [0.25, 0.3) is 0 Å². The predicted molar refractivity (Wildman–Crippen MR) is 90.8 cm³/mol. The average Bonchev–Trinajstić information content (AvgIpc) is 2.86. The molecule has 134 valence electrons. The molecule has 9 heteroatoms. The van der Waals surface area contributed by atoms with Crippen LogP contribution in [0.5, 0.6) is 0 Å². The number of benzene rings is 1. The van der Waals surface area contributed by atoms with Crippen LogP contribution in [0.25, 0.3) is 0 Å². The summed E-state index contributed by atoms with van der Waals surface area (Å²) in [6.45, 7) is 1.93. The number of nitrogens with zero attached hydrogens (tertiary/aromatic N) is 1. The van der Waals surface area contributed by atoms with Gasteiger partial charge in [-0.1, -0.05) is 12.1 Å². The van der Waals surface area contributed by atoms with Crippen molar-refractivity contribution in [3.63, 3.8) is 0 Å². The lowest BCUT2D eigenvalue weighted by molar-refractivity contribution is -0.118. The Hall–Kier alpha value is -1.45. The zero-order valence-corrected chi connectivity index (χ0v) is 15.4. The molecule has 1 aromatic rings. The van der Waals surface area contributed by atoms with E-state index in [-0.39, 0.29) is 22.3 Å². The van der Waals surface area contributed by atoms with E-state index in [1.807, 2.05) is 0 Å². The predicted octanol–water partition coefficient (Wildman–Crippen LogP) is 0.173. The van der Waals surface area contributed by atoms with Gasteiger partial charge in [0.15, 0.2) is 9.84 Å². The standard InChI is InChI=1S/C15H22N2O5S2/c1-12(18)16-9-7-13-3-5-15(6-4-13)24(21,22)17(2)14-8-10-23(19,20)11-14/h3-6,14H,7-11H2,1-2H3,(H,16,18)/t14-/m0/s1. The van der Waals surface area contributed by atoms with Gasteiger partial charge in [-0.25, -0.2) is 16.8 Å². The molecule has 0 saturated carbocycles. The van der Waals surface area contributed by atoms with Crippen LogP contribution in [0.4, 0.5) is 0 Å². The summed E-state index contributed by atoms with van der Waals surface area (Å²) in [6.07, 6.45) is 0.934. The molecule has 0 spiro atoms. The Morgan fingerprint density at radius 2 is 1.92 bits per heavy atom. The zero-order chi connectivity index (χ0) is 18.0. The number of hydrogen-bond acceptors (Lipinski definition) is 5. The Labute approximate surface area is 143 Å². The first-order chi connectivity index (χ1) is 11.1. The highest BCUT2D eigenvalue weighted by atomic mass is 32.2. The molecule has 24 heavy (non-hydrogen) atoms. The van der Waals surface area contributed by atoms with E-state index in [9.17, 15) is 21.6 Å². The second-order valence-corrected chi connectivity index (χ2v) is 10.2. The molecule has 1 aliphatic rings. The molecule has 7 nitrogen and oxygen atoms in total. The first-order valence-electron chi connectivity index (χ1n) is 7.64. The van der Waals surface area contributed by atoms with E-state index in [0.717, 1.165) is 9.87 Å². The van der Waals surface area contributed by atoms with Gasteiger partial charge in [0.2, 0.25) is 15.9 Å². The van der Waals surface area contributed by atoms with E-state index < -0.39 is 25.9 Å². The van der Waals surface area contributed by atoms with Gasteiger partial charge in [-0.2, -0.15) is 4.31 Å². The number of rotatable bonds is 6. The number of amides is 1. The second-order valence-electron chi connectivity index (χ2n) is 5.96. The van der Waals surface area contributed by atoms with Gasteiger partial charge in [-0.3, -0.25) is 4.79 Å². The third-order valence-corrected chi connectivity index (χ3v) is 7.79. The maximum Gasteiger partial charge on any atom is 0.243 e. The van der Waals surface area contributed by atoms with Crippen LogP contribution in [0, 0.1) is 0 Å². The van der Waals surface area contributed by atoms with Gasteiger partial charge in [0, 0.05) is 26.6 Å². The third-order valence-electron chi connectivity index (χ3n) is 4.11. The molecule has 0 aliphatic carbocycles. The first kappa shape index (κ1) is 18.9. The largest absolute Gasteiger partial charge is 0.356 e. The van der Waals surface area contributed by atoms with Crippen LogP contribution in [-0.4, -0.2) is 58.2 Å². The van der Waals surface area contributed by atoms with Crippen molar-refractivity contribution in [2.24, 2.45) is 0 Å². The van der Waals surface area contributed by atoms with Crippen molar-refractivity contribution in [1.82, 2.24) is 9.62 Å². The second kappa shape index (κ2) is 7.20. The lowest BCUT2D eigenvalue weighted by Crippen LogP contribution is -2.37. The Morgan fingerprint density at radius 3 is 2.42 bits per heavy atom. The normalized spacial score (nSPS) is 20.2. The highest BCUT2D eigenvalue weighted by Crippen LogP contribution is 2.23. The van der Waals surface area contributed by atoms with Crippen molar-refractivity contribution in [3.05, 3.63) is 29.8 Å². The van der Waals surface area contributed by atoms with Crippen LogP contribution in [0.1, 0.15) is 18.9 Å². The summed E-state index contributed by atoms with van der Waals surface area (Å²) in [5.41, 5.74) is 0.911. The first-order valence-corrected chi connectivity index (χ1v) is 10.9. The third kappa shape index (κ3) is 4.55. The molecular weight excluding hydrogens is 352 g/mol. The van der Waals surface area contributed by atoms with Crippen LogP contribution in [0.15, 0.2) is 29.2 Å². The molecule has 0 bridgehead atoms.